The van der Waals surface area contributed by atoms with Gasteiger partial charge in [-0.2, -0.15) is 0 Å². The maximum atomic E-state index is 11.7. The molecule has 1 aliphatic heterocycles. The highest BCUT2D eigenvalue weighted by molar-refractivity contribution is 5.90. The molecule has 4 aliphatic rings. The van der Waals surface area contributed by atoms with Crippen molar-refractivity contribution in [2.24, 2.45) is 28.1 Å². The van der Waals surface area contributed by atoms with Gasteiger partial charge in [0.1, 0.15) is 0 Å². The van der Waals surface area contributed by atoms with Crippen LogP contribution in [0.2, 0.25) is 0 Å². The normalized spacial score (nSPS) is 41.3. The summed E-state index contributed by atoms with van der Waals surface area (Å²) in [7, 11) is 0. The first kappa shape index (κ1) is 16.7. The summed E-state index contributed by atoms with van der Waals surface area (Å²) in [4.78, 5) is 11.7. The van der Waals surface area contributed by atoms with Crippen LogP contribution in [-0.2, 0) is 9.53 Å². The smallest absolute Gasteiger partial charge is 0.333 e. The van der Waals surface area contributed by atoms with Crippen molar-refractivity contribution in [2.45, 2.75) is 85.0 Å². The molecule has 0 aromatic carbocycles. The average Bonchev–Trinajstić information content (AvgIpc) is 3.16. The Kier molecular flexibility index (Phi) is 3.89. The molecule has 1 heterocycles. The first-order valence-corrected chi connectivity index (χ1v) is 10.2. The van der Waals surface area contributed by atoms with Crippen molar-refractivity contribution >= 4 is 5.97 Å². The van der Waals surface area contributed by atoms with Crippen molar-refractivity contribution < 1.29 is 9.53 Å². The van der Waals surface area contributed by atoms with E-state index >= 15 is 0 Å². The zero-order chi connectivity index (χ0) is 17.0. The molecule has 4 rings (SSSR count). The zero-order valence-electron chi connectivity index (χ0n) is 15.8. The molecule has 2 nitrogen and oxygen atoms in total. The lowest BCUT2D eigenvalue weighted by molar-refractivity contribution is -0.135. The van der Waals surface area contributed by atoms with E-state index in [1.54, 1.807) is 0 Å². The lowest BCUT2D eigenvalue weighted by Gasteiger charge is -2.60. The van der Waals surface area contributed by atoms with Gasteiger partial charge in [0.2, 0.25) is 0 Å². The monoisotopic (exact) mass is 330 g/mol. The van der Waals surface area contributed by atoms with Crippen LogP contribution in [0, 0.1) is 28.1 Å². The number of hydrogen-bond donors (Lipinski definition) is 0. The van der Waals surface area contributed by atoms with Gasteiger partial charge in [-0.3, -0.25) is 0 Å². The van der Waals surface area contributed by atoms with Crippen LogP contribution in [0.3, 0.4) is 0 Å². The van der Waals surface area contributed by atoms with E-state index in [1.165, 1.54) is 51.4 Å². The molecule has 24 heavy (non-hydrogen) atoms. The Labute approximate surface area is 147 Å². The van der Waals surface area contributed by atoms with E-state index in [9.17, 15) is 4.79 Å². The molecule has 0 aromatic rings. The number of ether oxygens (including phenoxy) is 1. The number of esters is 1. The number of cyclic esters (lactones) is 1. The van der Waals surface area contributed by atoms with Crippen LogP contribution in [0.1, 0.15) is 85.0 Å². The largest absolute Gasteiger partial charge is 0.462 e. The average molecular weight is 331 g/mol. The summed E-state index contributed by atoms with van der Waals surface area (Å²) in [6, 6.07) is 0. The summed E-state index contributed by atoms with van der Waals surface area (Å²) >= 11 is 0. The van der Waals surface area contributed by atoms with E-state index in [0.29, 0.717) is 22.9 Å². The molecule has 0 radical (unpaired) electrons. The fraction of sp³-hybridized carbons (Fsp3) is 0.864. The number of fused-ring (bicyclic) bond motifs is 1. The molecule has 1 saturated heterocycles. The van der Waals surface area contributed by atoms with Crippen molar-refractivity contribution in [2.75, 3.05) is 6.61 Å². The van der Waals surface area contributed by atoms with Gasteiger partial charge in [0.25, 0.3) is 0 Å². The van der Waals surface area contributed by atoms with Crippen LogP contribution >= 0.6 is 0 Å². The minimum atomic E-state index is -0.0670. The Bertz CT molecular complexity index is 554. The summed E-state index contributed by atoms with van der Waals surface area (Å²) < 4.78 is 5.09. The summed E-state index contributed by atoms with van der Waals surface area (Å²) in [5.41, 5.74) is 2.62. The van der Waals surface area contributed by atoms with Gasteiger partial charge in [0.05, 0.1) is 6.61 Å². The second kappa shape index (κ2) is 5.61. The van der Waals surface area contributed by atoms with Gasteiger partial charge in [0, 0.05) is 12.0 Å². The van der Waals surface area contributed by atoms with Crippen LogP contribution in [0.25, 0.3) is 0 Å². The second-order valence-electron chi connectivity index (χ2n) is 10.0. The topological polar surface area (TPSA) is 26.3 Å². The van der Waals surface area contributed by atoms with Crippen LogP contribution in [0.5, 0.6) is 0 Å². The lowest BCUT2D eigenvalue weighted by atomic mass is 9.45. The summed E-state index contributed by atoms with van der Waals surface area (Å²) in [6.07, 6.45) is 15.4. The Hall–Kier alpha value is -0.790. The molecule has 3 unspecified atom stereocenters. The number of carbonyl (C=O) groups excluding carboxylic acids is 1. The highest BCUT2D eigenvalue weighted by Gasteiger charge is 2.62. The molecule has 3 aliphatic carbocycles. The number of allylic oxidation sites excluding steroid dienone is 1. The summed E-state index contributed by atoms with van der Waals surface area (Å²) in [6.45, 7) is 8.26. The third kappa shape index (κ3) is 2.56. The Morgan fingerprint density at radius 2 is 1.92 bits per heavy atom. The van der Waals surface area contributed by atoms with Crippen molar-refractivity contribution in [1.29, 1.82) is 0 Å². The van der Waals surface area contributed by atoms with Gasteiger partial charge in [-0.25, -0.2) is 4.79 Å². The van der Waals surface area contributed by atoms with E-state index in [-0.39, 0.29) is 5.97 Å². The number of rotatable bonds is 3. The molecule has 0 bridgehead atoms. The molecule has 0 N–H and O–H groups in total. The third-order valence-electron chi connectivity index (χ3n) is 8.35. The molecular formula is C22H34O2. The molecule has 0 aromatic heterocycles. The molecular weight excluding hydrogens is 296 g/mol. The maximum absolute atomic E-state index is 11.7. The highest BCUT2D eigenvalue weighted by atomic mass is 16.5. The van der Waals surface area contributed by atoms with Crippen molar-refractivity contribution in [3.05, 3.63) is 11.6 Å². The first-order valence-electron chi connectivity index (χ1n) is 10.2. The zero-order valence-corrected chi connectivity index (χ0v) is 15.8. The predicted molar refractivity (Wildman–Crippen MR) is 96.5 cm³/mol. The first-order chi connectivity index (χ1) is 11.4. The summed E-state index contributed by atoms with van der Waals surface area (Å²) in [5, 5.41) is 0. The van der Waals surface area contributed by atoms with E-state index in [2.05, 4.69) is 26.8 Å². The molecule has 4 fully saturated rings. The van der Waals surface area contributed by atoms with Crippen molar-refractivity contribution in [3.8, 4) is 0 Å². The Morgan fingerprint density at radius 1 is 1.12 bits per heavy atom. The SMILES string of the molecule is CC1(C)CCCC2(C)C1CCC1(CC1)C2CC/C=C1\CCOC1=O. The molecule has 134 valence electrons. The Morgan fingerprint density at radius 3 is 2.58 bits per heavy atom. The Balaban J connectivity index is 1.53. The van der Waals surface area contributed by atoms with E-state index in [4.69, 9.17) is 4.74 Å². The van der Waals surface area contributed by atoms with E-state index in [1.807, 2.05) is 0 Å². The minimum absolute atomic E-state index is 0.0670. The van der Waals surface area contributed by atoms with Crippen LogP contribution in [0.4, 0.5) is 0 Å². The van der Waals surface area contributed by atoms with Gasteiger partial charge < -0.3 is 4.74 Å². The van der Waals surface area contributed by atoms with Crippen LogP contribution < -0.4 is 0 Å². The van der Waals surface area contributed by atoms with Gasteiger partial charge >= 0.3 is 5.97 Å². The third-order valence-corrected chi connectivity index (χ3v) is 8.35. The van der Waals surface area contributed by atoms with Gasteiger partial charge in [-0.15, -0.1) is 0 Å². The molecule has 3 atom stereocenters. The molecule has 3 saturated carbocycles. The fourth-order valence-corrected chi connectivity index (χ4v) is 7.06. The molecule has 0 amide bonds. The maximum Gasteiger partial charge on any atom is 0.333 e. The van der Waals surface area contributed by atoms with Gasteiger partial charge in [-0.1, -0.05) is 33.3 Å². The predicted octanol–water partition coefficient (Wildman–Crippen LogP) is 5.66. The van der Waals surface area contributed by atoms with E-state index in [0.717, 1.165) is 30.3 Å². The number of carbonyl (C=O) groups is 1. The van der Waals surface area contributed by atoms with Gasteiger partial charge in [-0.05, 0) is 79.4 Å². The standard InChI is InChI=1S/C22H34O2/c1-20(2)10-5-11-21(3)17(20)8-12-22(13-14-22)18(21)7-4-6-16-9-15-24-19(16)23/h6,17-18H,4-5,7-15H2,1-3H3/b16-6+. The number of hydrogen-bond acceptors (Lipinski definition) is 2. The van der Waals surface area contributed by atoms with Crippen molar-refractivity contribution in [1.82, 2.24) is 0 Å². The highest BCUT2D eigenvalue weighted by Crippen LogP contribution is 2.72. The fourth-order valence-electron chi connectivity index (χ4n) is 7.06. The van der Waals surface area contributed by atoms with Gasteiger partial charge in [0.15, 0.2) is 0 Å². The lowest BCUT2D eigenvalue weighted by Crippen LogP contribution is -2.52. The quantitative estimate of drug-likeness (QED) is 0.493. The summed E-state index contributed by atoms with van der Waals surface area (Å²) in [5.74, 6) is 1.68. The van der Waals surface area contributed by atoms with Crippen LogP contribution in [-0.4, -0.2) is 12.6 Å². The van der Waals surface area contributed by atoms with Crippen molar-refractivity contribution in [3.63, 3.8) is 0 Å². The molecule has 1 spiro atoms. The molecule has 2 heteroatoms. The second-order valence-corrected chi connectivity index (χ2v) is 10.0. The van der Waals surface area contributed by atoms with E-state index < -0.39 is 0 Å². The minimum Gasteiger partial charge on any atom is -0.462 e. The van der Waals surface area contributed by atoms with Crippen LogP contribution in [0.15, 0.2) is 11.6 Å².